The Hall–Kier alpha value is -0.570. The summed E-state index contributed by atoms with van der Waals surface area (Å²) >= 11 is 0. The second kappa shape index (κ2) is 6.11. The minimum Gasteiger partial charge on any atom is -0.469 e. The molecule has 0 spiro atoms. The normalized spacial score (nSPS) is 19.5. The minimum absolute atomic E-state index is 0.0285. The second-order valence-electron chi connectivity index (χ2n) is 4.30. The maximum absolute atomic E-state index is 11.3. The Morgan fingerprint density at radius 2 is 1.87 bits per heavy atom. The summed E-state index contributed by atoms with van der Waals surface area (Å²) in [4.78, 5) is 13.9. The highest BCUT2D eigenvalue weighted by Gasteiger charge is 2.27. The van der Waals surface area contributed by atoms with Crippen LogP contribution in [-0.4, -0.2) is 37.1 Å². The second-order valence-corrected chi connectivity index (χ2v) is 4.30. The van der Waals surface area contributed by atoms with Crippen molar-refractivity contribution < 1.29 is 9.53 Å². The third kappa shape index (κ3) is 3.20. The van der Waals surface area contributed by atoms with E-state index >= 15 is 0 Å². The van der Waals surface area contributed by atoms with Gasteiger partial charge in [-0.25, -0.2) is 0 Å². The Morgan fingerprint density at radius 1 is 1.33 bits per heavy atom. The number of hydrogen-bond acceptors (Lipinski definition) is 3. The largest absolute Gasteiger partial charge is 0.469 e. The van der Waals surface area contributed by atoms with Crippen LogP contribution in [0.15, 0.2) is 0 Å². The van der Waals surface area contributed by atoms with Gasteiger partial charge in [0, 0.05) is 6.04 Å². The molecule has 1 heterocycles. The van der Waals surface area contributed by atoms with Crippen LogP contribution in [0.3, 0.4) is 0 Å². The van der Waals surface area contributed by atoms with E-state index in [1.807, 2.05) is 0 Å². The van der Waals surface area contributed by atoms with Gasteiger partial charge in [-0.05, 0) is 38.8 Å². The molecule has 3 nitrogen and oxygen atoms in total. The molecule has 0 bridgehead atoms. The van der Waals surface area contributed by atoms with Crippen LogP contribution in [0.25, 0.3) is 0 Å². The van der Waals surface area contributed by atoms with E-state index in [0.29, 0.717) is 6.04 Å². The van der Waals surface area contributed by atoms with Gasteiger partial charge in [-0.2, -0.15) is 0 Å². The van der Waals surface area contributed by atoms with Gasteiger partial charge in [-0.15, -0.1) is 0 Å². The molecule has 0 aromatic heterocycles. The summed E-state index contributed by atoms with van der Waals surface area (Å²) in [5.41, 5.74) is 0. The van der Waals surface area contributed by atoms with Crippen LogP contribution in [0, 0.1) is 5.92 Å². The van der Waals surface area contributed by atoms with Crippen molar-refractivity contribution in [3.63, 3.8) is 0 Å². The molecule has 1 aliphatic heterocycles. The fraction of sp³-hybridized carbons (Fsp3) is 0.917. The first-order valence-electron chi connectivity index (χ1n) is 6.04. The first kappa shape index (κ1) is 12.5. The summed E-state index contributed by atoms with van der Waals surface area (Å²) in [6.45, 7) is 6.57. The molecule has 0 aromatic carbocycles. The third-order valence-corrected chi connectivity index (χ3v) is 3.52. The molecule has 0 N–H and O–H groups in total. The predicted octanol–water partition coefficient (Wildman–Crippen LogP) is 2.06. The number of esters is 1. The molecule has 15 heavy (non-hydrogen) atoms. The number of carbonyl (C=O) groups is 1. The number of rotatable bonds is 4. The number of likely N-dealkylation sites (tertiary alicyclic amines) is 1. The van der Waals surface area contributed by atoms with Crippen LogP contribution >= 0.6 is 0 Å². The Labute approximate surface area is 92.8 Å². The Kier molecular flexibility index (Phi) is 5.09. The summed E-state index contributed by atoms with van der Waals surface area (Å²) in [7, 11) is 1.48. The van der Waals surface area contributed by atoms with Gasteiger partial charge in [0.05, 0.1) is 13.0 Å². The van der Waals surface area contributed by atoms with Gasteiger partial charge in [0.1, 0.15) is 0 Å². The lowest BCUT2D eigenvalue weighted by molar-refractivity contribution is -0.147. The molecular formula is C12H23NO2. The van der Waals surface area contributed by atoms with E-state index in [1.54, 1.807) is 0 Å². The highest BCUT2D eigenvalue weighted by Crippen LogP contribution is 2.21. The van der Waals surface area contributed by atoms with Gasteiger partial charge < -0.3 is 9.64 Å². The zero-order chi connectivity index (χ0) is 11.3. The topological polar surface area (TPSA) is 29.5 Å². The number of carbonyl (C=O) groups excluding carboxylic acids is 1. The number of piperidine rings is 1. The first-order chi connectivity index (χ1) is 7.22. The molecule has 1 fully saturated rings. The fourth-order valence-corrected chi connectivity index (χ4v) is 2.47. The SMILES string of the molecule is CCC(CC)N1CCC(C(=O)OC)CC1. The van der Waals surface area contributed by atoms with Crippen molar-refractivity contribution in [1.29, 1.82) is 0 Å². The molecule has 0 amide bonds. The molecule has 0 saturated carbocycles. The molecule has 3 heteroatoms. The zero-order valence-corrected chi connectivity index (χ0v) is 10.2. The molecule has 0 unspecified atom stereocenters. The maximum atomic E-state index is 11.3. The summed E-state index contributed by atoms with van der Waals surface area (Å²) in [5.74, 6) is 0.111. The summed E-state index contributed by atoms with van der Waals surface area (Å²) < 4.78 is 4.78. The Balaban J connectivity index is 2.38. The molecule has 0 atom stereocenters. The van der Waals surface area contributed by atoms with Gasteiger partial charge in [-0.1, -0.05) is 13.8 Å². The van der Waals surface area contributed by atoms with Gasteiger partial charge in [0.25, 0.3) is 0 Å². The van der Waals surface area contributed by atoms with Gasteiger partial charge in [-0.3, -0.25) is 4.79 Å². The van der Waals surface area contributed by atoms with Crippen molar-refractivity contribution in [2.24, 2.45) is 5.92 Å². The average Bonchev–Trinajstić information content (AvgIpc) is 2.30. The molecule has 88 valence electrons. The van der Waals surface area contributed by atoms with Crippen LogP contribution < -0.4 is 0 Å². The van der Waals surface area contributed by atoms with Crippen molar-refractivity contribution in [1.82, 2.24) is 4.90 Å². The van der Waals surface area contributed by atoms with Gasteiger partial charge in [0.15, 0.2) is 0 Å². The van der Waals surface area contributed by atoms with E-state index in [2.05, 4.69) is 18.7 Å². The summed E-state index contributed by atoms with van der Waals surface area (Å²) in [5, 5.41) is 0. The van der Waals surface area contributed by atoms with Crippen molar-refractivity contribution in [3.05, 3.63) is 0 Å². The average molecular weight is 213 g/mol. The highest BCUT2D eigenvalue weighted by atomic mass is 16.5. The molecule has 1 saturated heterocycles. The van der Waals surface area contributed by atoms with Crippen molar-refractivity contribution in [2.45, 2.75) is 45.6 Å². The summed E-state index contributed by atoms with van der Waals surface area (Å²) in [6.07, 6.45) is 4.34. The highest BCUT2D eigenvalue weighted by molar-refractivity contribution is 5.72. The predicted molar refractivity (Wildman–Crippen MR) is 60.7 cm³/mol. The van der Waals surface area contributed by atoms with Crippen LogP contribution in [0.2, 0.25) is 0 Å². The number of nitrogens with zero attached hydrogens (tertiary/aromatic N) is 1. The van der Waals surface area contributed by atoms with Gasteiger partial charge >= 0.3 is 5.97 Å². The standard InChI is InChI=1S/C12H23NO2/c1-4-11(5-2)13-8-6-10(7-9-13)12(14)15-3/h10-11H,4-9H2,1-3H3. The molecule has 1 aliphatic rings. The van der Waals surface area contributed by atoms with Crippen LogP contribution in [0.5, 0.6) is 0 Å². The molecule has 0 radical (unpaired) electrons. The Bertz CT molecular complexity index is 194. The smallest absolute Gasteiger partial charge is 0.308 e. The van der Waals surface area contributed by atoms with Crippen molar-refractivity contribution in [2.75, 3.05) is 20.2 Å². The number of hydrogen-bond donors (Lipinski definition) is 0. The molecular weight excluding hydrogens is 190 g/mol. The van der Waals surface area contributed by atoms with Crippen LogP contribution in [0.4, 0.5) is 0 Å². The zero-order valence-electron chi connectivity index (χ0n) is 10.2. The first-order valence-corrected chi connectivity index (χ1v) is 6.04. The number of ether oxygens (including phenoxy) is 1. The lowest BCUT2D eigenvalue weighted by atomic mass is 9.95. The summed E-state index contributed by atoms with van der Waals surface area (Å²) in [6, 6.07) is 0.698. The minimum atomic E-state index is -0.0285. The molecule has 1 rings (SSSR count). The Morgan fingerprint density at radius 3 is 2.27 bits per heavy atom. The van der Waals surface area contributed by atoms with Crippen LogP contribution in [0.1, 0.15) is 39.5 Å². The monoisotopic (exact) mass is 213 g/mol. The van der Waals surface area contributed by atoms with E-state index in [0.717, 1.165) is 25.9 Å². The van der Waals surface area contributed by atoms with Crippen molar-refractivity contribution >= 4 is 5.97 Å². The van der Waals surface area contributed by atoms with E-state index in [1.165, 1.54) is 20.0 Å². The van der Waals surface area contributed by atoms with E-state index in [9.17, 15) is 4.79 Å². The van der Waals surface area contributed by atoms with E-state index in [4.69, 9.17) is 4.74 Å². The van der Waals surface area contributed by atoms with Crippen molar-refractivity contribution in [3.8, 4) is 0 Å². The van der Waals surface area contributed by atoms with E-state index < -0.39 is 0 Å². The van der Waals surface area contributed by atoms with E-state index in [-0.39, 0.29) is 11.9 Å². The lowest BCUT2D eigenvalue weighted by Gasteiger charge is -2.36. The lowest BCUT2D eigenvalue weighted by Crippen LogP contribution is -2.42. The third-order valence-electron chi connectivity index (χ3n) is 3.52. The fourth-order valence-electron chi connectivity index (χ4n) is 2.47. The van der Waals surface area contributed by atoms with Gasteiger partial charge in [0.2, 0.25) is 0 Å². The quantitative estimate of drug-likeness (QED) is 0.669. The number of methoxy groups -OCH3 is 1. The maximum Gasteiger partial charge on any atom is 0.308 e. The molecule has 0 aliphatic carbocycles. The van der Waals surface area contributed by atoms with Crippen LogP contribution in [-0.2, 0) is 9.53 Å². The molecule has 0 aromatic rings.